The van der Waals surface area contributed by atoms with E-state index in [-0.39, 0.29) is 17.0 Å². The summed E-state index contributed by atoms with van der Waals surface area (Å²) in [5.74, 6) is -1.73. The van der Waals surface area contributed by atoms with Crippen molar-refractivity contribution in [3.63, 3.8) is 0 Å². The van der Waals surface area contributed by atoms with Gasteiger partial charge in [0, 0.05) is 16.9 Å². The lowest BCUT2D eigenvalue weighted by molar-refractivity contribution is 0.0443. The van der Waals surface area contributed by atoms with Gasteiger partial charge in [0.25, 0.3) is 5.91 Å². The molecule has 5 nitrogen and oxygen atoms in total. The monoisotopic (exact) mass is 343 g/mol. The molecule has 0 aliphatic carbocycles. The van der Waals surface area contributed by atoms with Crippen LogP contribution < -0.4 is 4.90 Å². The molecule has 0 radical (unpaired) electrons. The molecule has 0 aromatic heterocycles. The summed E-state index contributed by atoms with van der Waals surface area (Å²) in [4.78, 5) is 38.2. The van der Waals surface area contributed by atoms with Crippen molar-refractivity contribution in [1.29, 1.82) is 0 Å². The molecule has 1 amide bonds. The standard InChI is InChI=1S/C21H13NO4/c23-19(14-11-12-17-18(13-14)21(25)26-20(17)24)22(15-7-3-1-4-8-15)16-9-5-2-6-10-16/h1-13H. The van der Waals surface area contributed by atoms with E-state index in [4.69, 9.17) is 0 Å². The number of benzene rings is 3. The minimum atomic E-state index is -0.731. The first kappa shape index (κ1) is 15.8. The third-order valence-electron chi connectivity index (χ3n) is 4.12. The fourth-order valence-corrected chi connectivity index (χ4v) is 2.89. The maximum absolute atomic E-state index is 13.2. The average Bonchev–Trinajstić information content (AvgIpc) is 2.97. The maximum Gasteiger partial charge on any atom is 0.346 e. The molecule has 0 fully saturated rings. The minimum absolute atomic E-state index is 0.113. The number of ether oxygens (including phenoxy) is 1. The molecule has 5 heteroatoms. The molecule has 3 aromatic carbocycles. The van der Waals surface area contributed by atoms with Crippen LogP contribution in [0.5, 0.6) is 0 Å². The molecular formula is C21H13NO4. The van der Waals surface area contributed by atoms with E-state index in [0.29, 0.717) is 16.9 Å². The molecular weight excluding hydrogens is 330 g/mol. The van der Waals surface area contributed by atoms with Crippen molar-refractivity contribution in [2.45, 2.75) is 0 Å². The van der Waals surface area contributed by atoms with Crippen molar-refractivity contribution in [2.75, 3.05) is 4.90 Å². The van der Waals surface area contributed by atoms with E-state index in [9.17, 15) is 14.4 Å². The number of amides is 1. The second-order valence-electron chi connectivity index (χ2n) is 5.75. The van der Waals surface area contributed by atoms with Crippen molar-refractivity contribution in [3.05, 3.63) is 95.6 Å². The van der Waals surface area contributed by atoms with E-state index in [1.54, 1.807) is 4.90 Å². The fraction of sp³-hybridized carbons (Fsp3) is 0. The third-order valence-corrected chi connectivity index (χ3v) is 4.12. The predicted octanol–water partition coefficient (Wildman–Crippen LogP) is 3.98. The van der Waals surface area contributed by atoms with Gasteiger partial charge in [-0.05, 0) is 42.5 Å². The first-order chi connectivity index (χ1) is 12.6. The molecule has 3 aromatic rings. The van der Waals surface area contributed by atoms with E-state index >= 15 is 0 Å². The lowest BCUT2D eigenvalue weighted by atomic mass is 10.0. The van der Waals surface area contributed by atoms with Gasteiger partial charge in [-0.2, -0.15) is 0 Å². The van der Waals surface area contributed by atoms with Gasteiger partial charge in [-0.15, -0.1) is 0 Å². The van der Waals surface area contributed by atoms with Crippen LogP contribution in [0.3, 0.4) is 0 Å². The van der Waals surface area contributed by atoms with Gasteiger partial charge in [-0.1, -0.05) is 36.4 Å². The normalized spacial score (nSPS) is 12.5. The molecule has 126 valence electrons. The summed E-state index contributed by atoms with van der Waals surface area (Å²) in [6.07, 6.45) is 0. The van der Waals surface area contributed by atoms with E-state index in [2.05, 4.69) is 4.74 Å². The van der Waals surface area contributed by atoms with Gasteiger partial charge in [0.2, 0.25) is 0 Å². The highest BCUT2D eigenvalue weighted by Gasteiger charge is 2.31. The molecule has 4 rings (SSSR count). The Hall–Kier alpha value is -3.73. The number of nitrogens with zero attached hydrogens (tertiary/aromatic N) is 1. The Morgan fingerprint density at radius 2 is 1.23 bits per heavy atom. The maximum atomic E-state index is 13.2. The molecule has 0 atom stereocenters. The van der Waals surface area contributed by atoms with Gasteiger partial charge in [0.1, 0.15) is 0 Å². The van der Waals surface area contributed by atoms with E-state index in [1.165, 1.54) is 18.2 Å². The molecule has 0 saturated carbocycles. The minimum Gasteiger partial charge on any atom is -0.386 e. The summed E-state index contributed by atoms with van der Waals surface area (Å²) in [5, 5.41) is 0. The summed E-state index contributed by atoms with van der Waals surface area (Å²) in [6, 6.07) is 22.8. The van der Waals surface area contributed by atoms with E-state index in [1.807, 2.05) is 60.7 Å². The summed E-state index contributed by atoms with van der Waals surface area (Å²) in [7, 11) is 0. The van der Waals surface area contributed by atoms with Crippen LogP contribution in [-0.4, -0.2) is 17.8 Å². The highest BCUT2D eigenvalue weighted by atomic mass is 16.6. The molecule has 0 spiro atoms. The van der Waals surface area contributed by atoms with Crippen molar-refractivity contribution >= 4 is 29.2 Å². The van der Waals surface area contributed by atoms with Crippen molar-refractivity contribution in [2.24, 2.45) is 0 Å². The Bertz CT molecular complexity index is 973. The lowest BCUT2D eigenvalue weighted by Gasteiger charge is -2.23. The van der Waals surface area contributed by atoms with Gasteiger partial charge < -0.3 is 4.74 Å². The van der Waals surface area contributed by atoms with Crippen molar-refractivity contribution in [3.8, 4) is 0 Å². The summed E-state index contributed by atoms with van der Waals surface area (Å²) in [6.45, 7) is 0. The van der Waals surface area contributed by atoms with Crippen LogP contribution in [0.15, 0.2) is 78.9 Å². The van der Waals surface area contributed by atoms with Crippen LogP contribution in [-0.2, 0) is 4.74 Å². The average molecular weight is 343 g/mol. The van der Waals surface area contributed by atoms with Gasteiger partial charge in [0.05, 0.1) is 11.1 Å². The lowest BCUT2D eigenvalue weighted by Crippen LogP contribution is -2.26. The van der Waals surface area contributed by atoms with Crippen molar-refractivity contribution in [1.82, 2.24) is 0 Å². The molecule has 1 aliphatic rings. The number of anilines is 2. The number of fused-ring (bicyclic) bond motifs is 1. The quantitative estimate of drug-likeness (QED) is 0.533. The first-order valence-electron chi connectivity index (χ1n) is 8.00. The van der Waals surface area contributed by atoms with Gasteiger partial charge in [-0.3, -0.25) is 9.69 Å². The van der Waals surface area contributed by atoms with Crippen LogP contribution in [0.4, 0.5) is 11.4 Å². The summed E-state index contributed by atoms with van der Waals surface area (Å²) in [5.41, 5.74) is 1.98. The van der Waals surface area contributed by atoms with Gasteiger partial charge in [0.15, 0.2) is 0 Å². The van der Waals surface area contributed by atoms with Crippen LogP contribution >= 0.6 is 0 Å². The molecule has 0 N–H and O–H groups in total. The van der Waals surface area contributed by atoms with Crippen LogP contribution in [0.1, 0.15) is 31.1 Å². The molecule has 0 bridgehead atoms. The molecule has 0 saturated heterocycles. The highest BCUT2D eigenvalue weighted by Crippen LogP contribution is 2.29. The molecule has 1 heterocycles. The number of carbonyl (C=O) groups is 3. The van der Waals surface area contributed by atoms with Crippen LogP contribution in [0, 0.1) is 0 Å². The Balaban J connectivity index is 1.80. The number of cyclic esters (lactones) is 2. The van der Waals surface area contributed by atoms with E-state index in [0.717, 1.165) is 0 Å². The fourth-order valence-electron chi connectivity index (χ4n) is 2.89. The summed E-state index contributed by atoms with van der Waals surface area (Å²) < 4.78 is 4.59. The third kappa shape index (κ3) is 2.65. The number of carbonyl (C=O) groups excluding carboxylic acids is 3. The second-order valence-corrected chi connectivity index (χ2v) is 5.75. The smallest absolute Gasteiger partial charge is 0.346 e. The van der Waals surface area contributed by atoms with Gasteiger partial charge in [-0.25, -0.2) is 9.59 Å². The highest BCUT2D eigenvalue weighted by molar-refractivity contribution is 6.17. The predicted molar refractivity (Wildman–Crippen MR) is 95.5 cm³/mol. The second kappa shape index (κ2) is 6.29. The largest absolute Gasteiger partial charge is 0.386 e. The van der Waals surface area contributed by atoms with E-state index < -0.39 is 11.9 Å². The number of esters is 2. The number of hydrogen-bond acceptors (Lipinski definition) is 4. The number of hydrogen-bond donors (Lipinski definition) is 0. The molecule has 1 aliphatic heterocycles. The summed E-state index contributed by atoms with van der Waals surface area (Å²) >= 11 is 0. The Kier molecular flexibility index (Phi) is 3.82. The Labute approximate surface area is 149 Å². The zero-order chi connectivity index (χ0) is 18.1. The molecule has 0 unspecified atom stereocenters. The zero-order valence-corrected chi connectivity index (χ0v) is 13.6. The number of para-hydroxylation sites is 2. The Morgan fingerprint density at radius 3 is 1.81 bits per heavy atom. The topological polar surface area (TPSA) is 63.7 Å². The number of rotatable bonds is 3. The van der Waals surface area contributed by atoms with Crippen LogP contribution in [0.2, 0.25) is 0 Å². The first-order valence-corrected chi connectivity index (χ1v) is 8.00. The van der Waals surface area contributed by atoms with Crippen LogP contribution in [0.25, 0.3) is 0 Å². The Morgan fingerprint density at radius 1 is 0.692 bits per heavy atom. The SMILES string of the molecule is O=C1OC(=O)c2cc(C(=O)N(c3ccccc3)c3ccccc3)ccc21. The molecule has 26 heavy (non-hydrogen) atoms. The van der Waals surface area contributed by atoms with Gasteiger partial charge >= 0.3 is 11.9 Å². The van der Waals surface area contributed by atoms with Crippen molar-refractivity contribution < 1.29 is 19.1 Å². The zero-order valence-electron chi connectivity index (χ0n) is 13.6.